The number of benzene rings is 1. The number of anilines is 1. The van der Waals surface area contributed by atoms with E-state index in [-0.39, 0.29) is 11.5 Å². The van der Waals surface area contributed by atoms with Crippen LogP contribution in [0.15, 0.2) is 48.9 Å². The van der Waals surface area contributed by atoms with Crippen LogP contribution in [-0.4, -0.2) is 26.4 Å². The lowest BCUT2D eigenvalue weighted by Crippen LogP contribution is -2.18. The van der Waals surface area contributed by atoms with Gasteiger partial charge in [0.15, 0.2) is 5.65 Å². The minimum Gasteiger partial charge on any atom is -0.366 e. The van der Waals surface area contributed by atoms with Gasteiger partial charge in [-0.3, -0.25) is 14.0 Å². The number of carbonyl (C=O) groups is 2. The van der Waals surface area contributed by atoms with Crippen molar-refractivity contribution in [3.63, 3.8) is 0 Å². The Morgan fingerprint density at radius 2 is 1.95 bits per heavy atom. The Hall–Kier alpha value is -3.22. The molecule has 0 fully saturated rings. The van der Waals surface area contributed by atoms with Crippen LogP contribution in [-0.2, 0) is 0 Å². The normalized spacial score (nSPS) is 10.5. The summed E-state index contributed by atoms with van der Waals surface area (Å²) in [4.78, 5) is 23.6. The first kappa shape index (κ1) is 12.8. The van der Waals surface area contributed by atoms with E-state index in [1.165, 1.54) is 6.33 Å². The summed E-state index contributed by atoms with van der Waals surface area (Å²) >= 11 is 0. The zero-order chi connectivity index (χ0) is 14.8. The molecule has 0 aliphatic heterocycles. The summed E-state index contributed by atoms with van der Waals surface area (Å²) in [6.07, 6.45) is 3.11. The predicted molar refractivity (Wildman–Crippen MR) is 75.9 cm³/mol. The molecule has 0 radical (unpaired) electrons. The van der Waals surface area contributed by atoms with Crippen molar-refractivity contribution >= 4 is 23.1 Å². The molecule has 1 aromatic carbocycles. The average molecular weight is 281 g/mol. The van der Waals surface area contributed by atoms with Crippen LogP contribution in [0.25, 0.3) is 5.65 Å². The highest BCUT2D eigenvalue weighted by Crippen LogP contribution is 2.15. The van der Waals surface area contributed by atoms with E-state index in [1.807, 2.05) is 0 Å². The summed E-state index contributed by atoms with van der Waals surface area (Å²) in [7, 11) is 0. The molecule has 7 nitrogen and oxygen atoms in total. The van der Waals surface area contributed by atoms with Gasteiger partial charge in [-0.15, -0.1) is 10.2 Å². The Balaban J connectivity index is 1.91. The van der Waals surface area contributed by atoms with Gasteiger partial charge in [0.2, 0.25) is 0 Å². The molecule has 7 heteroatoms. The molecule has 0 unspecified atom stereocenters. The van der Waals surface area contributed by atoms with Gasteiger partial charge in [-0.2, -0.15) is 0 Å². The van der Waals surface area contributed by atoms with Gasteiger partial charge in [-0.05, 0) is 24.3 Å². The summed E-state index contributed by atoms with van der Waals surface area (Å²) in [6, 6.07) is 9.88. The topological polar surface area (TPSA) is 102 Å². The number of hydrogen-bond acceptors (Lipinski definition) is 4. The maximum absolute atomic E-state index is 12.2. The number of amides is 2. The molecule has 104 valence electrons. The second-order valence-electron chi connectivity index (χ2n) is 4.38. The lowest BCUT2D eigenvalue weighted by atomic mass is 10.1. The molecule has 21 heavy (non-hydrogen) atoms. The van der Waals surface area contributed by atoms with Crippen LogP contribution >= 0.6 is 0 Å². The van der Waals surface area contributed by atoms with E-state index >= 15 is 0 Å². The Labute approximate surface area is 119 Å². The maximum Gasteiger partial charge on any atom is 0.257 e. The van der Waals surface area contributed by atoms with Gasteiger partial charge in [0.25, 0.3) is 11.8 Å². The van der Waals surface area contributed by atoms with Crippen molar-refractivity contribution in [3.05, 3.63) is 60.0 Å². The fourth-order valence-corrected chi connectivity index (χ4v) is 1.96. The zero-order valence-corrected chi connectivity index (χ0v) is 10.9. The van der Waals surface area contributed by atoms with E-state index < -0.39 is 5.91 Å². The summed E-state index contributed by atoms with van der Waals surface area (Å²) < 4.78 is 1.63. The van der Waals surface area contributed by atoms with Gasteiger partial charge in [0, 0.05) is 6.20 Å². The lowest BCUT2D eigenvalue weighted by molar-refractivity contribution is 0.100. The molecule has 0 saturated heterocycles. The van der Waals surface area contributed by atoms with Crippen LogP contribution in [0.1, 0.15) is 20.7 Å². The first-order valence-corrected chi connectivity index (χ1v) is 6.15. The predicted octanol–water partition coefficient (Wildman–Crippen LogP) is 1.08. The van der Waals surface area contributed by atoms with Crippen molar-refractivity contribution in [2.75, 3.05) is 5.32 Å². The summed E-state index contributed by atoms with van der Waals surface area (Å²) in [5, 5.41) is 10.3. The molecule has 2 aromatic heterocycles. The summed E-state index contributed by atoms with van der Waals surface area (Å²) in [5.74, 6) is -0.945. The monoisotopic (exact) mass is 281 g/mol. The number of carbonyl (C=O) groups excluding carboxylic acids is 2. The summed E-state index contributed by atoms with van der Waals surface area (Å²) in [6.45, 7) is 0. The number of nitrogens with one attached hydrogen (secondary N) is 1. The fraction of sp³-hybridized carbons (Fsp3) is 0. The van der Waals surface area contributed by atoms with Crippen LogP contribution in [0.4, 0.5) is 5.69 Å². The highest BCUT2D eigenvalue weighted by atomic mass is 16.2. The largest absolute Gasteiger partial charge is 0.366 e. The highest BCUT2D eigenvalue weighted by Gasteiger charge is 2.12. The number of rotatable bonds is 3. The van der Waals surface area contributed by atoms with Crippen LogP contribution < -0.4 is 11.1 Å². The van der Waals surface area contributed by atoms with Crippen molar-refractivity contribution in [2.45, 2.75) is 0 Å². The first-order chi connectivity index (χ1) is 10.1. The molecule has 3 N–H and O–H groups in total. The van der Waals surface area contributed by atoms with Crippen molar-refractivity contribution in [2.24, 2.45) is 5.73 Å². The van der Waals surface area contributed by atoms with Crippen molar-refractivity contribution < 1.29 is 9.59 Å². The quantitative estimate of drug-likeness (QED) is 0.749. The van der Waals surface area contributed by atoms with E-state index in [2.05, 4.69) is 15.5 Å². The third-order valence-electron chi connectivity index (χ3n) is 2.99. The second kappa shape index (κ2) is 5.04. The van der Waals surface area contributed by atoms with Crippen LogP contribution in [0.2, 0.25) is 0 Å². The molecule has 3 aromatic rings. The van der Waals surface area contributed by atoms with E-state index in [0.29, 0.717) is 16.9 Å². The van der Waals surface area contributed by atoms with E-state index in [1.54, 1.807) is 47.0 Å². The molecule has 3 rings (SSSR count). The molecular weight excluding hydrogens is 270 g/mol. The number of para-hydroxylation sites is 1. The molecule has 2 heterocycles. The number of pyridine rings is 1. The SMILES string of the molecule is NC(=O)c1ccccc1NC(=O)c1ccc2nncn2c1. The zero-order valence-electron chi connectivity index (χ0n) is 10.9. The number of primary amides is 1. The minimum absolute atomic E-state index is 0.260. The Morgan fingerprint density at radius 3 is 2.76 bits per heavy atom. The molecular formula is C14H11N5O2. The number of nitrogens with zero attached hydrogens (tertiary/aromatic N) is 3. The fourth-order valence-electron chi connectivity index (χ4n) is 1.96. The van der Waals surface area contributed by atoms with Crippen LogP contribution in [0, 0.1) is 0 Å². The molecule has 0 aliphatic rings. The molecule has 0 saturated carbocycles. The van der Waals surface area contributed by atoms with Crippen molar-refractivity contribution in [1.29, 1.82) is 0 Å². The third kappa shape index (κ3) is 2.44. The van der Waals surface area contributed by atoms with Gasteiger partial charge in [0.1, 0.15) is 6.33 Å². The Kier molecular flexibility index (Phi) is 3.07. The Morgan fingerprint density at radius 1 is 1.14 bits per heavy atom. The van der Waals surface area contributed by atoms with Gasteiger partial charge < -0.3 is 11.1 Å². The molecule has 0 aliphatic carbocycles. The molecule has 0 atom stereocenters. The first-order valence-electron chi connectivity index (χ1n) is 6.15. The minimum atomic E-state index is -0.597. The number of fused-ring (bicyclic) bond motifs is 1. The smallest absolute Gasteiger partial charge is 0.257 e. The van der Waals surface area contributed by atoms with E-state index in [9.17, 15) is 9.59 Å². The average Bonchev–Trinajstić information content (AvgIpc) is 2.94. The lowest BCUT2D eigenvalue weighted by Gasteiger charge is -2.08. The molecule has 0 bridgehead atoms. The van der Waals surface area contributed by atoms with Gasteiger partial charge in [-0.25, -0.2) is 0 Å². The van der Waals surface area contributed by atoms with Gasteiger partial charge in [0.05, 0.1) is 16.8 Å². The van der Waals surface area contributed by atoms with Crippen molar-refractivity contribution in [1.82, 2.24) is 14.6 Å². The highest BCUT2D eigenvalue weighted by molar-refractivity contribution is 6.08. The molecule has 2 amide bonds. The summed E-state index contributed by atoms with van der Waals surface area (Å²) in [5.41, 5.74) is 6.97. The Bertz CT molecular complexity index is 840. The van der Waals surface area contributed by atoms with Gasteiger partial charge in [-0.1, -0.05) is 12.1 Å². The standard InChI is InChI=1S/C14H11N5O2/c15-13(20)10-3-1-2-4-11(10)17-14(21)9-5-6-12-18-16-8-19(12)7-9/h1-8H,(H2,15,20)(H,17,21). The second-order valence-corrected chi connectivity index (χ2v) is 4.38. The van der Waals surface area contributed by atoms with Crippen LogP contribution in [0.5, 0.6) is 0 Å². The molecule has 0 spiro atoms. The number of hydrogen-bond donors (Lipinski definition) is 2. The van der Waals surface area contributed by atoms with Crippen molar-refractivity contribution in [3.8, 4) is 0 Å². The number of aromatic nitrogens is 3. The number of nitrogens with two attached hydrogens (primary N) is 1. The van der Waals surface area contributed by atoms with E-state index in [0.717, 1.165) is 0 Å². The maximum atomic E-state index is 12.2. The third-order valence-corrected chi connectivity index (χ3v) is 2.99. The van der Waals surface area contributed by atoms with E-state index in [4.69, 9.17) is 5.73 Å². The van der Waals surface area contributed by atoms with Gasteiger partial charge >= 0.3 is 0 Å². The van der Waals surface area contributed by atoms with Crippen LogP contribution in [0.3, 0.4) is 0 Å².